The molecule has 0 radical (unpaired) electrons. The topological polar surface area (TPSA) is 86.5 Å². The van der Waals surface area contributed by atoms with Crippen LogP contribution in [0.2, 0.25) is 0 Å². The minimum Gasteiger partial charge on any atom is -0.454 e. The molecule has 0 spiro atoms. The van der Waals surface area contributed by atoms with E-state index in [1.54, 1.807) is 0 Å². The fraction of sp³-hybridized carbons (Fsp3) is 0.333. The van der Waals surface area contributed by atoms with E-state index in [1.807, 2.05) is 0 Å². The summed E-state index contributed by atoms with van der Waals surface area (Å²) in [5.41, 5.74) is 0.138. The molecule has 1 rings (SSSR count). The largest absolute Gasteiger partial charge is 0.454 e. The SMILES string of the molecule is CC(=O)OC(c1ccc([N+](=O)[O-])cc1)C(Cl)(Cl)C(C)=O. The number of rotatable bonds is 5. The molecule has 20 heavy (non-hydrogen) atoms. The number of nitro groups is 1. The predicted molar refractivity (Wildman–Crippen MR) is 72.7 cm³/mol. The highest BCUT2D eigenvalue weighted by atomic mass is 35.5. The van der Waals surface area contributed by atoms with E-state index in [-0.39, 0.29) is 11.3 Å². The zero-order chi connectivity index (χ0) is 15.5. The molecule has 0 bridgehead atoms. The average Bonchev–Trinajstić information content (AvgIpc) is 2.35. The van der Waals surface area contributed by atoms with Crippen LogP contribution < -0.4 is 0 Å². The van der Waals surface area contributed by atoms with E-state index in [2.05, 4.69) is 0 Å². The van der Waals surface area contributed by atoms with E-state index in [4.69, 9.17) is 27.9 Å². The highest BCUT2D eigenvalue weighted by Crippen LogP contribution is 2.40. The molecule has 0 aromatic heterocycles. The monoisotopic (exact) mass is 319 g/mol. The Morgan fingerprint density at radius 3 is 2.10 bits per heavy atom. The van der Waals surface area contributed by atoms with Gasteiger partial charge in [0.05, 0.1) is 4.92 Å². The predicted octanol–water partition coefficient (Wildman–Crippen LogP) is 2.96. The lowest BCUT2D eigenvalue weighted by molar-refractivity contribution is -0.384. The Morgan fingerprint density at radius 2 is 1.75 bits per heavy atom. The van der Waals surface area contributed by atoms with E-state index in [1.165, 1.54) is 24.3 Å². The molecule has 1 aromatic rings. The summed E-state index contributed by atoms with van der Waals surface area (Å²) in [6.45, 7) is 2.30. The zero-order valence-corrected chi connectivity index (χ0v) is 12.1. The number of halogens is 2. The number of hydrogen-bond acceptors (Lipinski definition) is 5. The van der Waals surface area contributed by atoms with Crippen molar-refractivity contribution in [2.75, 3.05) is 0 Å². The Balaban J connectivity index is 3.20. The van der Waals surface area contributed by atoms with Crippen LogP contribution in [0.25, 0.3) is 0 Å². The van der Waals surface area contributed by atoms with Crippen LogP contribution in [0.15, 0.2) is 24.3 Å². The number of ketones is 1. The number of carbonyl (C=O) groups is 2. The third kappa shape index (κ3) is 3.68. The fourth-order valence-electron chi connectivity index (χ4n) is 1.47. The van der Waals surface area contributed by atoms with E-state index in [0.29, 0.717) is 0 Å². The summed E-state index contributed by atoms with van der Waals surface area (Å²) in [7, 11) is 0. The molecule has 0 aliphatic heterocycles. The lowest BCUT2D eigenvalue weighted by atomic mass is 10.0. The second-order valence-corrected chi connectivity index (χ2v) is 5.40. The number of carbonyl (C=O) groups excluding carboxylic acids is 2. The van der Waals surface area contributed by atoms with E-state index < -0.39 is 27.1 Å². The molecule has 0 heterocycles. The molecule has 0 saturated carbocycles. The number of alkyl halides is 2. The van der Waals surface area contributed by atoms with Gasteiger partial charge in [-0.2, -0.15) is 0 Å². The molecule has 108 valence electrons. The second kappa shape index (κ2) is 6.19. The minimum absolute atomic E-state index is 0.145. The third-order valence-corrected chi connectivity index (χ3v) is 3.42. The van der Waals surface area contributed by atoms with Gasteiger partial charge in [0.25, 0.3) is 5.69 Å². The molecule has 0 aliphatic rings. The van der Waals surface area contributed by atoms with Gasteiger partial charge >= 0.3 is 5.97 Å². The Labute approximate surface area is 124 Å². The Morgan fingerprint density at radius 1 is 1.25 bits per heavy atom. The van der Waals surface area contributed by atoms with Gasteiger partial charge in [-0.15, -0.1) is 0 Å². The molecule has 0 amide bonds. The van der Waals surface area contributed by atoms with Crippen molar-refractivity contribution in [2.45, 2.75) is 24.3 Å². The number of ether oxygens (including phenoxy) is 1. The van der Waals surface area contributed by atoms with Crippen LogP contribution in [0, 0.1) is 10.1 Å². The van der Waals surface area contributed by atoms with Gasteiger partial charge in [0.2, 0.25) is 4.33 Å². The van der Waals surface area contributed by atoms with Crippen LogP contribution in [0.4, 0.5) is 5.69 Å². The Kier molecular flexibility index (Phi) is 5.08. The molecule has 1 atom stereocenters. The van der Waals surface area contributed by atoms with E-state index in [9.17, 15) is 19.7 Å². The molecule has 0 saturated heterocycles. The quantitative estimate of drug-likeness (QED) is 0.360. The van der Waals surface area contributed by atoms with Crippen molar-refractivity contribution in [3.63, 3.8) is 0 Å². The van der Waals surface area contributed by atoms with Crippen molar-refractivity contribution in [1.82, 2.24) is 0 Å². The molecule has 0 aliphatic carbocycles. The van der Waals surface area contributed by atoms with Gasteiger partial charge in [-0.1, -0.05) is 23.2 Å². The van der Waals surface area contributed by atoms with E-state index >= 15 is 0 Å². The normalized spacial score (nSPS) is 12.6. The first-order valence-corrected chi connectivity index (χ1v) is 6.22. The van der Waals surface area contributed by atoms with Gasteiger partial charge in [0.1, 0.15) is 0 Å². The Hall–Kier alpha value is -1.66. The number of hydrogen-bond donors (Lipinski definition) is 0. The number of esters is 1. The average molecular weight is 320 g/mol. The van der Waals surface area contributed by atoms with Crippen molar-refractivity contribution >= 4 is 40.6 Å². The van der Waals surface area contributed by atoms with Crippen molar-refractivity contribution in [3.05, 3.63) is 39.9 Å². The maximum absolute atomic E-state index is 11.5. The van der Waals surface area contributed by atoms with Gasteiger partial charge in [-0.25, -0.2) is 0 Å². The fourth-order valence-corrected chi connectivity index (χ4v) is 1.81. The second-order valence-electron chi connectivity index (χ2n) is 4.02. The summed E-state index contributed by atoms with van der Waals surface area (Å²) in [5.74, 6) is -1.29. The molecular weight excluding hydrogens is 309 g/mol. The molecule has 1 unspecified atom stereocenters. The molecule has 8 heteroatoms. The lowest BCUT2D eigenvalue weighted by Crippen LogP contribution is -2.34. The van der Waals surface area contributed by atoms with Crippen molar-refractivity contribution in [2.24, 2.45) is 0 Å². The molecule has 0 N–H and O–H groups in total. The van der Waals surface area contributed by atoms with Crippen LogP contribution in [0.5, 0.6) is 0 Å². The summed E-state index contributed by atoms with van der Waals surface area (Å²) in [6, 6.07) is 5.06. The van der Waals surface area contributed by atoms with Gasteiger partial charge < -0.3 is 4.74 Å². The first kappa shape index (κ1) is 16.4. The summed E-state index contributed by atoms with van der Waals surface area (Å²) < 4.78 is 3.00. The highest BCUT2D eigenvalue weighted by Gasteiger charge is 2.43. The van der Waals surface area contributed by atoms with Gasteiger partial charge in [0.15, 0.2) is 11.9 Å². The summed E-state index contributed by atoms with van der Waals surface area (Å²) in [4.78, 5) is 32.6. The van der Waals surface area contributed by atoms with Gasteiger partial charge in [-0.3, -0.25) is 19.7 Å². The summed E-state index contributed by atoms with van der Waals surface area (Å²) in [6.07, 6.45) is -1.25. The van der Waals surface area contributed by atoms with Crippen molar-refractivity contribution < 1.29 is 19.2 Å². The number of non-ortho nitro benzene ring substituents is 1. The van der Waals surface area contributed by atoms with Crippen LogP contribution >= 0.6 is 23.2 Å². The maximum Gasteiger partial charge on any atom is 0.303 e. The van der Waals surface area contributed by atoms with Crippen molar-refractivity contribution in [3.8, 4) is 0 Å². The Bertz CT molecular complexity index is 541. The first-order chi connectivity index (χ1) is 9.16. The molecule has 0 fully saturated rings. The van der Waals surface area contributed by atoms with Gasteiger partial charge in [0, 0.05) is 19.1 Å². The number of Topliss-reactive ketones (excluding diaryl/α,β-unsaturated/α-hetero) is 1. The zero-order valence-electron chi connectivity index (χ0n) is 10.6. The molecular formula is C12H11Cl2NO5. The molecule has 1 aromatic carbocycles. The lowest BCUT2D eigenvalue weighted by Gasteiger charge is -2.27. The minimum atomic E-state index is -1.97. The van der Waals surface area contributed by atoms with Crippen LogP contribution in [0.1, 0.15) is 25.5 Å². The van der Waals surface area contributed by atoms with Crippen LogP contribution in [0.3, 0.4) is 0 Å². The summed E-state index contributed by atoms with van der Waals surface area (Å²) >= 11 is 11.8. The van der Waals surface area contributed by atoms with Crippen LogP contribution in [-0.4, -0.2) is 21.0 Å². The van der Waals surface area contributed by atoms with Crippen molar-refractivity contribution in [1.29, 1.82) is 0 Å². The summed E-state index contributed by atoms with van der Waals surface area (Å²) in [5, 5.41) is 10.6. The number of nitrogens with zero attached hydrogens (tertiary/aromatic N) is 1. The van der Waals surface area contributed by atoms with E-state index in [0.717, 1.165) is 13.8 Å². The standard InChI is InChI=1S/C12H11Cl2NO5/c1-7(16)12(13,14)11(20-8(2)17)9-3-5-10(6-4-9)15(18)19/h3-6,11H,1-2H3. The molecule has 6 nitrogen and oxygen atoms in total. The van der Waals surface area contributed by atoms with Gasteiger partial charge in [-0.05, 0) is 24.6 Å². The van der Waals surface area contributed by atoms with Crippen LogP contribution in [-0.2, 0) is 14.3 Å². The first-order valence-electron chi connectivity index (χ1n) is 5.46. The number of nitro benzene ring substituents is 1. The number of benzene rings is 1. The maximum atomic E-state index is 11.5. The smallest absolute Gasteiger partial charge is 0.303 e. The third-order valence-electron chi connectivity index (χ3n) is 2.49. The highest BCUT2D eigenvalue weighted by molar-refractivity contribution is 6.58.